The first kappa shape index (κ1) is 5.03. The Kier molecular flexibility index (Phi) is 1.62. The van der Waals surface area contributed by atoms with Crippen molar-refractivity contribution >= 4 is 0 Å². The van der Waals surface area contributed by atoms with Gasteiger partial charge in [-0.1, -0.05) is 0 Å². The number of hydrogen-bond donors (Lipinski definition) is 1. The Balaban J connectivity index is 2.12. The van der Waals surface area contributed by atoms with Gasteiger partial charge in [0.2, 0.25) is 0 Å². The maximum atomic E-state index is 10.2. The zero-order valence-electron chi connectivity index (χ0n) is 4.14. The molecule has 1 unspecified atom stereocenters. The fraction of sp³-hybridized carbons (Fsp3) is 1.00. The molecule has 1 aliphatic heterocycles. The van der Waals surface area contributed by atoms with E-state index in [2.05, 4.69) is 4.84 Å². The van der Waals surface area contributed by atoms with E-state index in [9.17, 15) is 5.21 Å². The summed E-state index contributed by atoms with van der Waals surface area (Å²) in [6.45, 7) is 1.26. The minimum atomic E-state index is -0.0359. The first-order valence-electron chi connectivity index (χ1n) is 2.55. The van der Waals surface area contributed by atoms with E-state index in [1.807, 2.05) is 0 Å². The van der Waals surface area contributed by atoms with E-state index in [1.165, 1.54) is 0 Å². The molecular weight excluding hydrogens is 94.0 g/mol. The molecule has 3 heteroatoms. The summed E-state index contributed by atoms with van der Waals surface area (Å²) in [6.07, 6.45) is 2.06. The van der Waals surface area contributed by atoms with Gasteiger partial charge in [0.05, 0.1) is 0 Å². The summed E-state index contributed by atoms with van der Waals surface area (Å²) in [5.41, 5.74) is 0. The Morgan fingerprint density at radius 2 is 2.29 bits per heavy atom. The Hall–Kier alpha value is -0.120. The van der Waals surface area contributed by atoms with Gasteiger partial charge in [0.15, 0.2) is 0 Å². The van der Waals surface area contributed by atoms with Crippen LogP contribution in [-0.2, 0) is 4.84 Å². The van der Waals surface area contributed by atoms with Crippen LogP contribution in [0.5, 0.6) is 0 Å². The van der Waals surface area contributed by atoms with E-state index in [0.717, 1.165) is 12.8 Å². The van der Waals surface area contributed by atoms with Gasteiger partial charge in [0.25, 0.3) is 0 Å². The molecular formula is C4H9NO2. The van der Waals surface area contributed by atoms with Crippen molar-refractivity contribution in [2.75, 3.05) is 13.2 Å². The molecule has 0 saturated carbocycles. The van der Waals surface area contributed by atoms with Crippen LogP contribution in [0, 0.1) is 5.21 Å². The quantitative estimate of drug-likeness (QED) is 0.403. The molecule has 0 aromatic heterocycles. The molecule has 1 rings (SSSR count). The van der Waals surface area contributed by atoms with Gasteiger partial charge in [0, 0.05) is 6.42 Å². The van der Waals surface area contributed by atoms with E-state index >= 15 is 0 Å². The van der Waals surface area contributed by atoms with Crippen molar-refractivity contribution in [3.05, 3.63) is 5.21 Å². The number of nitrogens with one attached hydrogen (secondary N) is 1. The monoisotopic (exact) mass is 103 g/mol. The van der Waals surface area contributed by atoms with Gasteiger partial charge in [-0.15, -0.1) is 0 Å². The van der Waals surface area contributed by atoms with Gasteiger partial charge in [-0.05, 0) is 6.42 Å². The first-order valence-corrected chi connectivity index (χ1v) is 2.55. The van der Waals surface area contributed by atoms with Crippen molar-refractivity contribution in [1.29, 1.82) is 0 Å². The molecule has 0 aromatic carbocycles. The summed E-state index contributed by atoms with van der Waals surface area (Å²) < 4.78 is 0. The molecule has 1 atom stereocenters. The van der Waals surface area contributed by atoms with Crippen LogP contribution in [0.2, 0.25) is 0 Å². The highest BCUT2D eigenvalue weighted by Gasteiger charge is 2.03. The van der Waals surface area contributed by atoms with Crippen molar-refractivity contribution in [2.45, 2.75) is 12.8 Å². The lowest BCUT2D eigenvalue weighted by Crippen LogP contribution is -3.07. The zero-order valence-corrected chi connectivity index (χ0v) is 4.14. The molecule has 3 nitrogen and oxygen atoms in total. The number of hydrogen-bond acceptors (Lipinski definition) is 2. The molecule has 0 radical (unpaired) electrons. The van der Waals surface area contributed by atoms with Crippen LogP contribution in [0.4, 0.5) is 0 Å². The zero-order chi connectivity index (χ0) is 5.11. The lowest BCUT2D eigenvalue weighted by molar-refractivity contribution is -1.06. The Morgan fingerprint density at radius 3 is 2.57 bits per heavy atom. The number of rotatable bonds is 0. The van der Waals surface area contributed by atoms with Crippen molar-refractivity contribution in [1.82, 2.24) is 0 Å². The summed E-state index contributed by atoms with van der Waals surface area (Å²) in [4.78, 5) is 4.64. The molecule has 1 fully saturated rings. The average Bonchev–Trinajstić information content (AvgIpc) is 1.69. The van der Waals surface area contributed by atoms with Crippen LogP contribution >= 0.6 is 0 Å². The fourth-order valence-corrected chi connectivity index (χ4v) is 0.630. The number of quaternary nitrogens is 1. The van der Waals surface area contributed by atoms with Gasteiger partial charge < -0.3 is 5.21 Å². The molecule has 0 amide bonds. The summed E-state index contributed by atoms with van der Waals surface area (Å²) in [5, 5.41) is 10.2. The van der Waals surface area contributed by atoms with Crippen LogP contribution in [0.25, 0.3) is 0 Å². The Labute approximate surface area is 42.4 Å². The molecule has 42 valence electrons. The highest BCUT2D eigenvalue weighted by Crippen LogP contribution is 1.87. The predicted octanol–water partition coefficient (Wildman–Crippen LogP) is -0.905. The van der Waals surface area contributed by atoms with E-state index < -0.39 is 0 Å². The largest absolute Gasteiger partial charge is 0.600 e. The predicted molar refractivity (Wildman–Crippen MR) is 24.4 cm³/mol. The molecule has 0 aromatic rings. The second-order valence-corrected chi connectivity index (χ2v) is 1.68. The normalized spacial score (nSPS) is 33.0. The second-order valence-electron chi connectivity index (χ2n) is 1.68. The maximum absolute atomic E-state index is 10.2. The summed E-state index contributed by atoms with van der Waals surface area (Å²) >= 11 is 0. The van der Waals surface area contributed by atoms with Gasteiger partial charge in [-0.25, -0.2) is 10.1 Å². The summed E-state index contributed by atoms with van der Waals surface area (Å²) in [7, 11) is 0. The number of hydroxylamine groups is 2. The van der Waals surface area contributed by atoms with Crippen molar-refractivity contribution in [3.63, 3.8) is 0 Å². The SMILES string of the molecule is [O-][NH+]1CCCCO1. The van der Waals surface area contributed by atoms with Gasteiger partial charge >= 0.3 is 0 Å². The highest BCUT2D eigenvalue weighted by molar-refractivity contribution is 4.36. The molecule has 0 bridgehead atoms. The van der Waals surface area contributed by atoms with Crippen LogP contribution in [-0.4, -0.2) is 13.2 Å². The molecule has 0 aliphatic carbocycles. The van der Waals surface area contributed by atoms with Gasteiger partial charge in [-0.3, -0.25) is 0 Å². The van der Waals surface area contributed by atoms with Crippen LogP contribution < -0.4 is 5.23 Å². The molecule has 7 heavy (non-hydrogen) atoms. The van der Waals surface area contributed by atoms with Crippen molar-refractivity contribution in [2.24, 2.45) is 0 Å². The third kappa shape index (κ3) is 1.43. The van der Waals surface area contributed by atoms with Crippen LogP contribution in [0.15, 0.2) is 0 Å². The summed E-state index contributed by atoms with van der Waals surface area (Å²) in [6, 6.07) is 0. The van der Waals surface area contributed by atoms with Gasteiger partial charge in [-0.2, -0.15) is 0 Å². The second kappa shape index (κ2) is 2.26. The topological polar surface area (TPSA) is 36.7 Å². The summed E-state index contributed by atoms with van der Waals surface area (Å²) in [5.74, 6) is 0. The highest BCUT2D eigenvalue weighted by atomic mass is 16.9. The van der Waals surface area contributed by atoms with Crippen molar-refractivity contribution < 1.29 is 10.1 Å². The van der Waals surface area contributed by atoms with E-state index in [-0.39, 0.29) is 5.23 Å². The smallest absolute Gasteiger partial charge is 0.107 e. The first-order chi connectivity index (χ1) is 3.39. The van der Waals surface area contributed by atoms with E-state index in [4.69, 9.17) is 0 Å². The van der Waals surface area contributed by atoms with Crippen LogP contribution in [0.3, 0.4) is 0 Å². The Morgan fingerprint density at radius 1 is 1.43 bits per heavy atom. The molecule has 1 heterocycles. The minimum Gasteiger partial charge on any atom is -0.600 e. The fourth-order valence-electron chi connectivity index (χ4n) is 0.630. The van der Waals surface area contributed by atoms with Crippen molar-refractivity contribution in [3.8, 4) is 0 Å². The molecule has 1 N–H and O–H groups in total. The standard InChI is InChI=1S/C4H9NO2/c6-5-3-1-2-4-7-5/h5H,1-4H2. The molecule has 1 saturated heterocycles. The lowest BCUT2D eigenvalue weighted by Gasteiger charge is -2.23. The van der Waals surface area contributed by atoms with Crippen LogP contribution in [0.1, 0.15) is 12.8 Å². The average molecular weight is 103 g/mol. The third-order valence-corrected chi connectivity index (χ3v) is 1.04. The Bertz CT molecular complexity index is 51.7. The maximum Gasteiger partial charge on any atom is 0.107 e. The van der Waals surface area contributed by atoms with E-state index in [1.54, 1.807) is 0 Å². The van der Waals surface area contributed by atoms with Gasteiger partial charge in [0.1, 0.15) is 13.2 Å². The molecule has 0 spiro atoms. The minimum absolute atomic E-state index is 0.0359. The van der Waals surface area contributed by atoms with E-state index in [0.29, 0.717) is 13.2 Å². The molecule has 1 aliphatic rings. The third-order valence-electron chi connectivity index (χ3n) is 1.04. The lowest BCUT2D eigenvalue weighted by atomic mass is 10.3.